The topological polar surface area (TPSA) is 37.3 Å². The zero-order chi connectivity index (χ0) is 12.4. The molecule has 0 bridgehead atoms. The van der Waals surface area contributed by atoms with Crippen molar-refractivity contribution < 1.29 is 9.90 Å². The van der Waals surface area contributed by atoms with Crippen LogP contribution >= 0.6 is 0 Å². The SMILES string of the molecule is CC(C)(C=O)CC(C)(C)c1ccc(O)cc1. The van der Waals surface area contributed by atoms with Gasteiger partial charge < -0.3 is 9.90 Å². The van der Waals surface area contributed by atoms with Crippen LogP contribution in [0.4, 0.5) is 0 Å². The summed E-state index contributed by atoms with van der Waals surface area (Å²) in [6, 6.07) is 7.20. The third-order valence-electron chi connectivity index (χ3n) is 2.87. The molecule has 1 aromatic rings. The minimum absolute atomic E-state index is 0.0713. The lowest BCUT2D eigenvalue weighted by atomic mass is 9.72. The first kappa shape index (κ1) is 12.8. The van der Waals surface area contributed by atoms with Crippen LogP contribution in [-0.2, 0) is 10.2 Å². The number of aldehydes is 1. The molecule has 0 aliphatic carbocycles. The Hall–Kier alpha value is -1.31. The van der Waals surface area contributed by atoms with Gasteiger partial charge in [-0.25, -0.2) is 0 Å². The second kappa shape index (κ2) is 4.28. The number of hydrogen-bond acceptors (Lipinski definition) is 2. The standard InChI is InChI=1S/C14H20O2/c1-13(2,10-15)9-14(3,4)11-5-7-12(16)8-6-11/h5-8,10,16H,9H2,1-4H3. The summed E-state index contributed by atoms with van der Waals surface area (Å²) in [5, 5.41) is 9.24. The predicted octanol–water partition coefficient (Wildman–Crippen LogP) is 3.29. The predicted molar refractivity (Wildman–Crippen MR) is 65.6 cm³/mol. The first-order valence-electron chi connectivity index (χ1n) is 5.53. The molecule has 0 aliphatic heterocycles. The molecule has 0 aromatic heterocycles. The van der Waals surface area contributed by atoms with Crippen LogP contribution in [-0.4, -0.2) is 11.4 Å². The molecule has 0 aliphatic rings. The van der Waals surface area contributed by atoms with Crippen molar-refractivity contribution in [1.82, 2.24) is 0 Å². The van der Waals surface area contributed by atoms with Crippen molar-refractivity contribution in [2.24, 2.45) is 5.41 Å². The number of rotatable bonds is 4. The fraction of sp³-hybridized carbons (Fsp3) is 0.500. The molecule has 0 atom stereocenters. The monoisotopic (exact) mass is 220 g/mol. The molecule has 0 amide bonds. The number of carbonyl (C=O) groups is 1. The van der Waals surface area contributed by atoms with Gasteiger partial charge in [0.25, 0.3) is 0 Å². The second-order valence-corrected chi connectivity index (χ2v) is 5.71. The van der Waals surface area contributed by atoms with Crippen LogP contribution in [0.1, 0.15) is 39.7 Å². The van der Waals surface area contributed by atoms with E-state index in [2.05, 4.69) is 13.8 Å². The Morgan fingerprint density at radius 3 is 2.06 bits per heavy atom. The normalized spacial score (nSPS) is 12.5. The summed E-state index contributed by atoms with van der Waals surface area (Å²) in [5.74, 6) is 0.272. The zero-order valence-electron chi connectivity index (χ0n) is 10.4. The van der Waals surface area contributed by atoms with Crippen LogP contribution in [0.25, 0.3) is 0 Å². The number of aromatic hydroxyl groups is 1. The van der Waals surface area contributed by atoms with E-state index in [-0.39, 0.29) is 16.6 Å². The fourth-order valence-electron chi connectivity index (χ4n) is 2.20. The van der Waals surface area contributed by atoms with Gasteiger partial charge in [-0.2, -0.15) is 0 Å². The lowest BCUT2D eigenvalue weighted by Gasteiger charge is -2.32. The van der Waals surface area contributed by atoms with Gasteiger partial charge in [-0.05, 0) is 29.5 Å². The van der Waals surface area contributed by atoms with Gasteiger partial charge in [-0.15, -0.1) is 0 Å². The van der Waals surface area contributed by atoms with Crippen LogP contribution in [0.3, 0.4) is 0 Å². The van der Waals surface area contributed by atoms with Gasteiger partial charge in [-0.3, -0.25) is 0 Å². The van der Waals surface area contributed by atoms with Gasteiger partial charge in [-0.1, -0.05) is 39.8 Å². The summed E-state index contributed by atoms with van der Waals surface area (Å²) in [4.78, 5) is 10.9. The number of carbonyl (C=O) groups excluding carboxylic acids is 1. The van der Waals surface area contributed by atoms with Crippen LogP contribution in [0.5, 0.6) is 5.75 Å². The maximum absolute atomic E-state index is 10.9. The maximum atomic E-state index is 10.9. The first-order chi connectivity index (χ1) is 7.27. The molecule has 1 aromatic carbocycles. The Bertz CT molecular complexity index is 361. The van der Waals surface area contributed by atoms with Crippen molar-refractivity contribution in [3.63, 3.8) is 0 Å². The quantitative estimate of drug-likeness (QED) is 0.791. The van der Waals surface area contributed by atoms with E-state index in [4.69, 9.17) is 0 Å². The van der Waals surface area contributed by atoms with E-state index in [1.807, 2.05) is 26.0 Å². The Balaban J connectivity index is 2.93. The average Bonchev–Trinajstić information content (AvgIpc) is 2.17. The minimum Gasteiger partial charge on any atom is -0.508 e. The molecule has 0 saturated heterocycles. The smallest absolute Gasteiger partial charge is 0.125 e. The molecular formula is C14H20O2. The number of benzene rings is 1. The second-order valence-electron chi connectivity index (χ2n) is 5.71. The number of phenolic OH excluding ortho intramolecular Hbond substituents is 1. The molecule has 88 valence electrons. The zero-order valence-corrected chi connectivity index (χ0v) is 10.4. The minimum atomic E-state index is -0.318. The van der Waals surface area contributed by atoms with E-state index >= 15 is 0 Å². The highest BCUT2D eigenvalue weighted by Crippen LogP contribution is 2.35. The molecular weight excluding hydrogens is 200 g/mol. The Morgan fingerprint density at radius 1 is 1.12 bits per heavy atom. The molecule has 2 heteroatoms. The van der Waals surface area contributed by atoms with Crippen molar-refractivity contribution in [2.75, 3.05) is 0 Å². The van der Waals surface area contributed by atoms with Gasteiger partial charge >= 0.3 is 0 Å². The summed E-state index contributed by atoms with van der Waals surface area (Å²) in [7, 11) is 0. The van der Waals surface area contributed by atoms with Crippen molar-refractivity contribution in [3.8, 4) is 5.75 Å². The summed E-state index contributed by atoms with van der Waals surface area (Å²) >= 11 is 0. The fourth-order valence-corrected chi connectivity index (χ4v) is 2.20. The molecule has 0 spiro atoms. The van der Waals surface area contributed by atoms with E-state index in [9.17, 15) is 9.90 Å². The molecule has 0 radical (unpaired) electrons. The molecule has 2 nitrogen and oxygen atoms in total. The molecule has 0 heterocycles. The highest BCUT2D eigenvalue weighted by Gasteiger charge is 2.29. The van der Waals surface area contributed by atoms with E-state index in [1.165, 1.54) is 0 Å². The largest absolute Gasteiger partial charge is 0.508 e. The number of hydrogen-bond donors (Lipinski definition) is 1. The lowest BCUT2D eigenvalue weighted by molar-refractivity contribution is -0.115. The van der Waals surface area contributed by atoms with Crippen molar-refractivity contribution in [1.29, 1.82) is 0 Å². The van der Waals surface area contributed by atoms with Crippen molar-refractivity contribution in [2.45, 2.75) is 39.5 Å². The van der Waals surface area contributed by atoms with Crippen molar-refractivity contribution in [3.05, 3.63) is 29.8 Å². The van der Waals surface area contributed by atoms with E-state index in [0.29, 0.717) is 0 Å². The third kappa shape index (κ3) is 3.09. The van der Waals surface area contributed by atoms with Gasteiger partial charge in [0.2, 0.25) is 0 Å². The number of phenols is 1. The Kier molecular flexibility index (Phi) is 3.41. The van der Waals surface area contributed by atoms with Gasteiger partial charge in [0.1, 0.15) is 12.0 Å². The Morgan fingerprint density at radius 2 is 1.62 bits per heavy atom. The molecule has 0 unspecified atom stereocenters. The van der Waals surface area contributed by atoms with Crippen LogP contribution in [0.2, 0.25) is 0 Å². The molecule has 1 rings (SSSR count). The molecule has 0 fully saturated rings. The van der Waals surface area contributed by atoms with Gasteiger partial charge in [0.05, 0.1) is 0 Å². The maximum Gasteiger partial charge on any atom is 0.125 e. The summed E-state index contributed by atoms with van der Waals surface area (Å²) in [6.45, 7) is 8.12. The third-order valence-corrected chi connectivity index (χ3v) is 2.87. The van der Waals surface area contributed by atoms with Crippen LogP contribution in [0, 0.1) is 5.41 Å². The van der Waals surface area contributed by atoms with Gasteiger partial charge in [0.15, 0.2) is 0 Å². The summed E-state index contributed by atoms with van der Waals surface area (Å²) in [5.41, 5.74) is 0.750. The van der Waals surface area contributed by atoms with Crippen molar-refractivity contribution >= 4 is 6.29 Å². The molecule has 0 saturated carbocycles. The Labute approximate surface area is 97.3 Å². The molecule has 16 heavy (non-hydrogen) atoms. The van der Waals surface area contributed by atoms with Crippen LogP contribution < -0.4 is 0 Å². The summed E-state index contributed by atoms with van der Waals surface area (Å²) in [6.07, 6.45) is 1.80. The van der Waals surface area contributed by atoms with E-state index < -0.39 is 0 Å². The van der Waals surface area contributed by atoms with E-state index in [0.717, 1.165) is 18.3 Å². The highest BCUT2D eigenvalue weighted by atomic mass is 16.3. The lowest BCUT2D eigenvalue weighted by Crippen LogP contribution is -2.27. The highest BCUT2D eigenvalue weighted by molar-refractivity contribution is 5.58. The molecule has 1 N–H and O–H groups in total. The van der Waals surface area contributed by atoms with Crippen LogP contribution in [0.15, 0.2) is 24.3 Å². The van der Waals surface area contributed by atoms with Gasteiger partial charge in [0, 0.05) is 5.41 Å². The average molecular weight is 220 g/mol. The first-order valence-corrected chi connectivity index (χ1v) is 5.53. The summed E-state index contributed by atoms with van der Waals surface area (Å²) < 4.78 is 0. The van der Waals surface area contributed by atoms with E-state index in [1.54, 1.807) is 12.1 Å².